The molecule has 8 heteroatoms. The van der Waals surface area contributed by atoms with Gasteiger partial charge in [-0.1, -0.05) is 30.3 Å². The predicted octanol–water partition coefficient (Wildman–Crippen LogP) is 2.65. The van der Waals surface area contributed by atoms with Gasteiger partial charge in [-0.3, -0.25) is 0 Å². The van der Waals surface area contributed by atoms with E-state index in [1.165, 1.54) is 0 Å². The minimum absolute atomic E-state index is 0.0653. The van der Waals surface area contributed by atoms with Crippen LogP contribution in [0.5, 0.6) is 11.6 Å². The average Bonchev–Trinajstić information content (AvgIpc) is 2.72. The van der Waals surface area contributed by atoms with Gasteiger partial charge in [-0.05, 0) is 35.9 Å². The third kappa shape index (κ3) is 5.77. The van der Waals surface area contributed by atoms with Crippen molar-refractivity contribution in [3.63, 3.8) is 0 Å². The molecule has 3 aromatic rings. The number of nitrogens with zero attached hydrogens (tertiary/aromatic N) is 2. The Morgan fingerprint density at radius 3 is 2.32 bits per heavy atom. The van der Waals surface area contributed by atoms with Crippen LogP contribution in [0.2, 0.25) is 0 Å². The number of methoxy groups -OCH3 is 1. The zero-order valence-electron chi connectivity index (χ0n) is 15.4. The zero-order valence-corrected chi connectivity index (χ0v) is 16.2. The van der Waals surface area contributed by atoms with E-state index in [-0.39, 0.29) is 18.9 Å². The molecular formula is C20H21N3O4S. The molecule has 1 aromatic heterocycles. The predicted molar refractivity (Wildman–Crippen MR) is 107 cm³/mol. The highest BCUT2D eigenvalue weighted by atomic mass is 32.2. The number of sulfonamides is 1. The number of hydrogen-bond acceptors (Lipinski definition) is 6. The standard InChI is InChI=1S/C20H21N3O4S/c1-26-18-9-7-17(8-10-18)19-11-12-20(23-22-19)27-14-13-21-28(24,25)15-16-5-3-2-4-6-16/h2-12,21H,13-15H2,1H3. The van der Waals surface area contributed by atoms with Gasteiger partial charge >= 0.3 is 0 Å². The summed E-state index contributed by atoms with van der Waals surface area (Å²) in [6, 6.07) is 20.0. The third-order valence-corrected chi connectivity index (χ3v) is 5.26. The monoisotopic (exact) mass is 399 g/mol. The second-order valence-electron chi connectivity index (χ2n) is 5.97. The number of aromatic nitrogens is 2. The Morgan fingerprint density at radius 1 is 0.929 bits per heavy atom. The summed E-state index contributed by atoms with van der Waals surface area (Å²) in [5, 5.41) is 8.15. The molecule has 2 aromatic carbocycles. The van der Waals surface area contributed by atoms with Crippen molar-refractivity contribution in [2.75, 3.05) is 20.3 Å². The van der Waals surface area contributed by atoms with Gasteiger partial charge in [0.2, 0.25) is 15.9 Å². The maximum atomic E-state index is 12.1. The van der Waals surface area contributed by atoms with E-state index in [2.05, 4.69) is 14.9 Å². The van der Waals surface area contributed by atoms with Gasteiger partial charge in [0.25, 0.3) is 0 Å². The Balaban J connectivity index is 1.47. The van der Waals surface area contributed by atoms with Gasteiger partial charge in [-0.2, -0.15) is 0 Å². The molecule has 0 unspecified atom stereocenters. The summed E-state index contributed by atoms with van der Waals surface area (Å²) in [5.41, 5.74) is 2.35. The van der Waals surface area contributed by atoms with Crippen molar-refractivity contribution in [1.29, 1.82) is 0 Å². The maximum absolute atomic E-state index is 12.1. The van der Waals surface area contributed by atoms with Crippen LogP contribution in [0.4, 0.5) is 0 Å². The molecule has 0 saturated carbocycles. The van der Waals surface area contributed by atoms with E-state index in [0.717, 1.165) is 16.9 Å². The summed E-state index contributed by atoms with van der Waals surface area (Å²) in [4.78, 5) is 0. The van der Waals surface area contributed by atoms with Crippen molar-refractivity contribution in [2.45, 2.75) is 5.75 Å². The molecule has 0 aliphatic heterocycles. The Labute approximate surface area is 164 Å². The first-order valence-electron chi connectivity index (χ1n) is 8.68. The van der Waals surface area contributed by atoms with Crippen molar-refractivity contribution in [1.82, 2.24) is 14.9 Å². The molecule has 3 rings (SSSR count). The molecule has 1 heterocycles. The highest BCUT2D eigenvalue weighted by molar-refractivity contribution is 7.88. The zero-order chi connectivity index (χ0) is 19.8. The van der Waals surface area contributed by atoms with Gasteiger partial charge < -0.3 is 9.47 Å². The van der Waals surface area contributed by atoms with Crippen LogP contribution in [0.15, 0.2) is 66.7 Å². The van der Waals surface area contributed by atoms with Crippen LogP contribution in [0.1, 0.15) is 5.56 Å². The van der Waals surface area contributed by atoms with Gasteiger partial charge in [0.05, 0.1) is 18.6 Å². The highest BCUT2D eigenvalue weighted by Gasteiger charge is 2.10. The van der Waals surface area contributed by atoms with Gasteiger partial charge in [-0.25, -0.2) is 13.1 Å². The SMILES string of the molecule is COc1ccc(-c2ccc(OCCNS(=O)(=O)Cc3ccccc3)nn2)cc1. The van der Waals surface area contributed by atoms with E-state index in [1.807, 2.05) is 42.5 Å². The van der Waals surface area contributed by atoms with Crippen molar-refractivity contribution in [3.05, 3.63) is 72.3 Å². The first-order chi connectivity index (χ1) is 13.6. The lowest BCUT2D eigenvalue weighted by Gasteiger charge is -2.08. The van der Waals surface area contributed by atoms with E-state index in [0.29, 0.717) is 11.6 Å². The number of nitrogens with one attached hydrogen (secondary N) is 1. The normalized spacial score (nSPS) is 11.2. The smallest absolute Gasteiger partial charge is 0.233 e. The fourth-order valence-electron chi connectivity index (χ4n) is 2.51. The average molecular weight is 399 g/mol. The maximum Gasteiger partial charge on any atom is 0.233 e. The largest absolute Gasteiger partial charge is 0.497 e. The van der Waals surface area contributed by atoms with Crippen LogP contribution >= 0.6 is 0 Å². The molecule has 0 radical (unpaired) electrons. The molecule has 0 spiro atoms. The van der Waals surface area contributed by atoms with Crippen molar-refractivity contribution in [2.24, 2.45) is 0 Å². The summed E-state index contributed by atoms with van der Waals surface area (Å²) < 4.78 is 37.2. The van der Waals surface area contributed by atoms with Crippen LogP contribution in [0, 0.1) is 0 Å². The Kier molecular flexibility index (Phi) is 6.57. The Morgan fingerprint density at radius 2 is 1.68 bits per heavy atom. The van der Waals surface area contributed by atoms with Crippen molar-refractivity contribution in [3.8, 4) is 22.9 Å². The molecule has 0 saturated heterocycles. The third-order valence-electron chi connectivity index (χ3n) is 3.90. The number of ether oxygens (including phenoxy) is 2. The summed E-state index contributed by atoms with van der Waals surface area (Å²) >= 11 is 0. The van der Waals surface area contributed by atoms with Gasteiger partial charge in [0, 0.05) is 18.2 Å². The minimum Gasteiger partial charge on any atom is -0.497 e. The van der Waals surface area contributed by atoms with Crippen LogP contribution in [-0.4, -0.2) is 38.9 Å². The lowest BCUT2D eigenvalue weighted by Crippen LogP contribution is -2.29. The summed E-state index contributed by atoms with van der Waals surface area (Å²) in [5.74, 6) is 1.04. The molecular weight excluding hydrogens is 378 g/mol. The van der Waals surface area contributed by atoms with Crippen LogP contribution in [0.3, 0.4) is 0 Å². The quantitative estimate of drug-likeness (QED) is 0.557. The van der Waals surface area contributed by atoms with E-state index in [4.69, 9.17) is 9.47 Å². The fourth-order valence-corrected chi connectivity index (χ4v) is 3.64. The van der Waals surface area contributed by atoms with E-state index in [1.54, 1.807) is 31.4 Å². The van der Waals surface area contributed by atoms with E-state index in [9.17, 15) is 8.42 Å². The number of benzene rings is 2. The number of rotatable bonds is 9. The van der Waals surface area contributed by atoms with E-state index >= 15 is 0 Å². The fraction of sp³-hybridized carbons (Fsp3) is 0.200. The van der Waals surface area contributed by atoms with Crippen LogP contribution in [-0.2, 0) is 15.8 Å². The molecule has 0 fully saturated rings. The second kappa shape index (κ2) is 9.29. The Hall–Kier alpha value is -2.97. The second-order valence-corrected chi connectivity index (χ2v) is 7.78. The molecule has 0 aliphatic carbocycles. The highest BCUT2D eigenvalue weighted by Crippen LogP contribution is 2.20. The molecule has 1 N–H and O–H groups in total. The first-order valence-corrected chi connectivity index (χ1v) is 10.3. The lowest BCUT2D eigenvalue weighted by atomic mass is 10.1. The molecule has 28 heavy (non-hydrogen) atoms. The van der Waals surface area contributed by atoms with Crippen LogP contribution in [0.25, 0.3) is 11.3 Å². The topological polar surface area (TPSA) is 90.4 Å². The summed E-state index contributed by atoms with van der Waals surface area (Å²) in [6.45, 7) is 0.307. The molecule has 0 bridgehead atoms. The van der Waals surface area contributed by atoms with Gasteiger partial charge in [-0.15, -0.1) is 10.2 Å². The minimum atomic E-state index is -3.41. The molecule has 7 nitrogen and oxygen atoms in total. The summed E-state index contributed by atoms with van der Waals surface area (Å²) in [7, 11) is -1.80. The molecule has 0 amide bonds. The van der Waals surface area contributed by atoms with Crippen LogP contribution < -0.4 is 14.2 Å². The first kappa shape index (κ1) is 19.8. The lowest BCUT2D eigenvalue weighted by molar-refractivity contribution is 0.307. The molecule has 0 aliphatic rings. The van der Waals surface area contributed by atoms with Gasteiger partial charge in [0.15, 0.2) is 0 Å². The van der Waals surface area contributed by atoms with Crippen molar-refractivity contribution < 1.29 is 17.9 Å². The summed E-state index contributed by atoms with van der Waals surface area (Å²) in [6.07, 6.45) is 0. The van der Waals surface area contributed by atoms with Gasteiger partial charge in [0.1, 0.15) is 12.4 Å². The van der Waals surface area contributed by atoms with Crippen molar-refractivity contribution >= 4 is 10.0 Å². The Bertz CT molecular complexity index is 976. The van der Waals surface area contributed by atoms with E-state index < -0.39 is 10.0 Å². The number of hydrogen-bond donors (Lipinski definition) is 1. The molecule has 146 valence electrons. The molecule has 0 atom stereocenters.